The third-order valence-electron chi connectivity index (χ3n) is 5.54. The number of methoxy groups -OCH3 is 1. The summed E-state index contributed by atoms with van der Waals surface area (Å²) in [5, 5.41) is 0.353. The van der Waals surface area contributed by atoms with E-state index in [1.54, 1.807) is 7.11 Å². The zero-order valence-electron chi connectivity index (χ0n) is 15.3. The molecule has 0 saturated carbocycles. The van der Waals surface area contributed by atoms with Gasteiger partial charge in [-0.1, -0.05) is 48.5 Å². The molecular formula is C24H21NOS. The number of fused-ring (bicyclic) bond motifs is 4. The molecular weight excluding hydrogens is 350 g/mol. The SMILES string of the molecule is COc1ccc([C@H]2Sc3ccccc3N=C3c4ccccc4CC[C@@H]32)cc1. The smallest absolute Gasteiger partial charge is 0.118 e. The van der Waals surface area contributed by atoms with Gasteiger partial charge in [0.15, 0.2) is 0 Å². The van der Waals surface area contributed by atoms with E-state index in [1.165, 1.54) is 27.3 Å². The van der Waals surface area contributed by atoms with Crippen LogP contribution in [0.3, 0.4) is 0 Å². The summed E-state index contributed by atoms with van der Waals surface area (Å²) in [7, 11) is 1.72. The Kier molecular flexibility index (Phi) is 4.25. The third-order valence-corrected chi connectivity index (χ3v) is 6.99. The first-order chi connectivity index (χ1) is 13.3. The first kappa shape index (κ1) is 16.6. The van der Waals surface area contributed by atoms with Crippen LogP contribution in [0.15, 0.2) is 82.7 Å². The molecule has 2 aliphatic rings. The van der Waals surface area contributed by atoms with Crippen molar-refractivity contribution in [3.8, 4) is 5.75 Å². The number of hydrogen-bond donors (Lipinski definition) is 0. The highest BCUT2D eigenvalue weighted by atomic mass is 32.2. The molecule has 5 rings (SSSR count). The van der Waals surface area contributed by atoms with Crippen LogP contribution in [-0.2, 0) is 6.42 Å². The number of aryl methyl sites for hydroxylation is 1. The molecule has 3 aromatic rings. The average Bonchev–Trinajstić information content (AvgIpc) is 2.91. The number of thioether (sulfide) groups is 1. The van der Waals surface area contributed by atoms with Crippen molar-refractivity contribution in [2.45, 2.75) is 23.0 Å². The highest BCUT2D eigenvalue weighted by Gasteiger charge is 2.35. The molecule has 0 bridgehead atoms. The number of benzene rings is 3. The predicted molar refractivity (Wildman–Crippen MR) is 112 cm³/mol. The molecule has 0 amide bonds. The van der Waals surface area contributed by atoms with Crippen molar-refractivity contribution in [2.75, 3.05) is 7.11 Å². The van der Waals surface area contributed by atoms with Crippen molar-refractivity contribution >= 4 is 23.2 Å². The van der Waals surface area contributed by atoms with E-state index in [-0.39, 0.29) is 0 Å². The maximum absolute atomic E-state index is 5.36. The summed E-state index contributed by atoms with van der Waals surface area (Å²) in [4.78, 5) is 6.44. The minimum Gasteiger partial charge on any atom is -0.497 e. The van der Waals surface area contributed by atoms with Crippen molar-refractivity contribution in [3.63, 3.8) is 0 Å². The van der Waals surface area contributed by atoms with E-state index in [1.807, 2.05) is 11.8 Å². The van der Waals surface area contributed by atoms with E-state index >= 15 is 0 Å². The number of nitrogens with zero attached hydrogens (tertiary/aromatic N) is 1. The highest BCUT2D eigenvalue weighted by molar-refractivity contribution is 7.99. The molecule has 27 heavy (non-hydrogen) atoms. The Morgan fingerprint density at radius 1 is 0.926 bits per heavy atom. The fourth-order valence-electron chi connectivity index (χ4n) is 4.17. The summed E-state index contributed by atoms with van der Waals surface area (Å²) in [6.45, 7) is 0. The topological polar surface area (TPSA) is 21.6 Å². The second-order valence-electron chi connectivity index (χ2n) is 7.08. The van der Waals surface area contributed by atoms with Crippen LogP contribution in [0.5, 0.6) is 5.75 Å². The molecule has 1 heterocycles. The molecule has 3 heteroatoms. The molecule has 0 saturated heterocycles. The minimum atomic E-state index is 0.353. The summed E-state index contributed by atoms with van der Waals surface area (Å²) in [6, 6.07) is 25.9. The molecule has 3 aromatic carbocycles. The van der Waals surface area contributed by atoms with E-state index in [0.29, 0.717) is 11.2 Å². The van der Waals surface area contributed by atoms with E-state index in [9.17, 15) is 0 Å². The lowest BCUT2D eigenvalue weighted by Gasteiger charge is -2.31. The van der Waals surface area contributed by atoms with Crippen LogP contribution < -0.4 is 4.74 Å². The highest BCUT2D eigenvalue weighted by Crippen LogP contribution is 2.51. The Morgan fingerprint density at radius 2 is 1.70 bits per heavy atom. The van der Waals surface area contributed by atoms with Gasteiger partial charge in [0.1, 0.15) is 5.75 Å². The van der Waals surface area contributed by atoms with Gasteiger partial charge >= 0.3 is 0 Å². The Morgan fingerprint density at radius 3 is 2.56 bits per heavy atom. The van der Waals surface area contributed by atoms with E-state index in [0.717, 1.165) is 24.3 Å². The molecule has 2 atom stereocenters. The van der Waals surface area contributed by atoms with Crippen LogP contribution in [0.4, 0.5) is 5.69 Å². The van der Waals surface area contributed by atoms with Crippen LogP contribution >= 0.6 is 11.8 Å². The largest absolute Gasteiger partial charge is 0.497 e. The van der Waals surface area contributed by atoms with E-state index in [2.05, 4.69) is 72.8 Å². The van der Waals surface area contributed by atoms with Crippen LogP contribution in [0, 0.1) is 5.92 Å². The van der Waals surface area contributed by atoms with Crippen molar-refractivity contribution < 1.29 is 4.74 Å². The van der Waals surface area contributed by atoms with Crippen molar-refractivity contribution in [3.05, 3.63) is 89.5 Å². The molecule has 2 nitrogen and oxygen atoms in total. The maximum atomic E-state index is 5.36. The molecule has 0 N–H and O–H groups in total. The molecule has 0 fully saturated rings. The van der Waals surface area contributed by atoms with Crippen LogP contribution in [-0.4, -0.2) is 12.8 Å². The van der Waals surface area contributed by atoms with Crippen LogP contribution in [0.25, 0.3) is 0 Å². The van der Waals surface area contributed by atoms with Gasteiger partial charge in [-0.3, -0.25) is 4.99 Å². The van der Waals surface area contributed by atoms with Crippen molar-refractivity contribution in [1.29, 1.82) is 0 Å². The zero-order chi connectivity index (χ0) is 18.2. The summed E-state index contributed by atoms with van der Waals surface area (Å²) >= 11 is 1.95. The fraction of sp³-hybridized carbons (Fsp3) is 0.208. The first-order valence-electron chi connectivity index (χ1n) is 9.40. The van der Waals surface area contributed by atoms with Gasteiger partial charge in [-0.15, -0.1) is 11.8 Å². The lowest BCUT2D eigenvalue weighted by Crippen LogP contribution is -2.27. The number of para-hydroxylation sites is 1. The Balaban J connectivity index is 1.66. The quantitative estimate of drug-likeness (QED) is 0.533. The maximum Gasteiger partial charge on any atom is 0.118 e. The lowest BCUT2D eigenvalue weighted by atomic mass is 9.78. The Labute approximate surface area is 164 Å². The second kappa shape index (κ2) is 6.90. The molecule has 134 valence electrons. The molecule has 1 aliphatic carbocycles. The van der Waals surface area contributed by atoms with Gasteiger partial charge in [-0.05, 0) is 53.8 Å². The molecule has 1 aliphatic heterocycles. The van der Waals surface area contributed by atoms with Gasteiger partial charge in [0.05, 0.1) is 18.5 Å². The predicted octanol–water partition coefficient (Wildman–Crippen LogP) is 6.23. The van der Waals surface area contributed by atoms with Crippen LogP contribution in [0.1, 0.15) is 28.4 Å². The second-order valence-corrected chi connectivity index (χ2v) is 8.26. The van der Waals surface area contributed by atoms with E-state index < -0.39 is 0 Å². The van der Waals surface area contributed by atoms with Gasteiger partial charge in [0, 0.05) is 16.1 Å². The minimum absolute atomic E-state index is 0.353. The summed E-state index contributed by atoms with van der Waals surface area (Å²) in [5.41, 5.74) is 6.43. The Hall–Kier alpha value is -2.52. The van der Waals surface area contributed by atoms with Gasteiger partial charge in [-0.25, -0.2) is 0 Å². The summed E-state index contributed by atoms with van der Waals surface area (Å²) in [5.74, 6) is 1.31. The first-order valence-corrected chi connectivity index (χ1v) is 10.3. The molecule has 0 unspecified atom stereocenters. The average molecular weight is 372 g/mol. The van der Waals surface area contributed by atoms with Crippen molar-refractivity contribution in [2.24, 2.45) is 10.9 Å². The fourth-order valence-corrected chi connectivity index (χ4v) is 5.55. The van der Waals surface area contributed by atoms with E-state index in [4.69, 9.17) is 9.73 Å². The van der Waals surface area contributed by atoms with Gasteiger partial charge in [0.25, 0.3) is 0 Å². The van der Waals surface area contributed by atoms with Crippen LogP contribution in [0.2, 0.25) is 0 Å². The lowest BCUT2D eigenvalue weighted by molar-refractivity contribution is 0.414. The van der Waals surface area contributed by atoms with Gasteiger partial charge in [-0.2, -0.15) is 0 Å². The molecule has 0 aromatic heterocycles. The molecule has 0 radical (unpaired) electrons. The Bertz CT molecular complexity index is 1010. The zero-order valence-corrected chi connectivity index (χ0v) is 16.1. The number of rotatable bonds is 2. The monoisotopic (exact) mass is 371 g/mol. The van der Waals surface area contributed by atoms with Crippen molar-refractivity contribution in [1.82, 2.24) is 0 Å². The molecule has 0 spiro atoms. The third kappa shape index (κ3) is 2.96. The van der Waals surface area contributed by atoms with Gasteiger partial charge in [0.2, 0.25) is 0 Å². The number of ether oxygens (including phenoxy) is 1. The normalized spacial score (nSPS) is 20.6. The van der Waals surface area contributed by atoms with Gasteiger partial charge < -0.3 is 4.74 Å². The number of aliphatic imine (C=N–C) groups is 1. The standard InChI is InChI=1S/C24H21NOS/c1-26-18-13-10-17(11-14-18)24-20-15-12-16-6-2-3-7-19(16)23(20)25-21-8-4-5-9-22(21)27-24/h2-11,13-14,20,24H,12,15H2,1H3/t20-,24+/m0/s1. The summed E-state index contributed by atoms with van der Waals surface area (Å²) in [6.07, 6.45) is 2.25. The summed E-state index contributed by atoms with van der Waals surface area (Å²) < 4.78 is 5.36. The number of hydrogen-bond acceptors (Lipinski definition) is 3.